The minimum atomic E-state index is 0.0404. The number of pyridine rings is 2. The van der Waals surface area contributed by atoms with Crippen molar-refractivity contribution in [3.8, 4) is 11.3 Å². The summed E-state index contributed by atoms with van der Waals surface area (Å²) in [4.78, 5) is 30.6. The van der Waals surface area contributed by atoms with Gasteiger partial charge >= 0.3 is 0 Å². The highest BCUT2D eigenvalue weighted by Gasteiger charge is 2.30. The molecule has 0 aliphatic carbocycles. The van der Waals surface area contributed by atoms with Crippen molar-refractivity contribution >= 4 is 22.6 Å². The zero-order chi connectivity index (χ0) is 21.2. The fourth-order valence-corrected chi connectivity index (χ4v) is 4.71. The lowest BCUT2D eigenvalue weighted by Gasteiger charge is -2.40. The van der Waals surface area contributed by atoms with Gasteiger partial charge in [0.15, 0.2) is 12.2 Å². The molecular formula is C23H28N6O2. The molecule has 162 valence electrons. The number of likely N-dealkylation sites (tertiary alicyclic amines) is 2. The highest BCUT2D eigenvalue weighted by atomic mass is 16.3. The molecule has 0 spiro atoms. The third kappa shape index (κ3) is 4.45. The predicted molar refractivity (Wildman–Crippen MR) is 118 cm³/mol. The van der Waals surface area contributed by atoms with Gasteiger partial charge in [-0.2, -0.15) is 0 Å². The number of oxazole rings is 1. The molecule has 3 aromatic heterocycles. The van der Waals surface area contributed by atoms with Gasteiger partial charge < -0.3 is 19.5 Å². The van der Waals surface area contributed by atoms with Gasteiger partial charge in [-0.3, -0.25) is 9.78 Å². The van der Waals surface area contributed by atoms with Gasteiger partial charge in [0.05, 0.1) is 17.9 Å². The van der Waals surface area contributed by atoms with Crippen LogP contribution in [0.2, 0.25) is 0 Å². The smallest absolute Gasteiger partial charge is 0.228 e. The van der Waals surface area contributed by atoms with Crippen LogP contribution in [0.15, 0.2) is 41.5 Å². The fourth-order valence-electron chi connectivity index (χ4n) is 4.71. The number of carbonyl (C=O) groups is 1. The van der Waals surface area contributed by atoms with E-state index in [1.807, 2.05) is 12.1 Å². The van der Waals surface area contributed by atoms with E-state index < -0.39 is 0 Å². The first-order chi connectivity index (χ1) is 15.2. The molecule has 3 aromatic rings. The Labute approximate surface area is 181 Å². The Morgan fingerprint density at radius 1 is 1.03 bits per heavy atom. The molecule has 1 N–H and O–H groups in total. The van der Waals surface area contributed by atoms with Crippen LogP contribution in [0.1, 0.15) is 25.7 Å². The van der Waals surface area contributed by atoms with Gasteiger partial charge in [-0.25, -0.2) is 9.97 Å². The van der Waals surface area contributed by atoms with Gasteiger partial charge in [-0.05, 0) is 71.0 Å². The van der Waals surface area contributed by atoms with Crippen LogP contribution in [0.4, 0.5) is 5.82 Å². The average Bonchev–Trinajstić information content (AvgIpc) is 3.34. The van der Waals surface area contributed by atoms with E-state index in [0.717, 1.165) is 42.4 Å². The minimum absolute atomic E-state index is 0.0404. The Balaban J connectivity index is 1.21. The monoisotopic (exact) mass is 420 g/mol. The van der Waals surface area contributed by atoms with Crippen LogP contribution in [-0.4, -0.2) is 69.9 Å². The first kappa shape index (κ1) is 20.1. The summed E-state index contributed by atoms with van der Waals surface area (Å²) in [7, 11) is 2.19. The van der Waals surface area contributed by atoms with E-state index in [2.05, 4.69) is 37.1 Å². The van der Waals surface area contributed by atoms with Crippen LogP contribution in [0.25, 0.3) is 22.2 Å². The van der Waals surface area contributed by atoms with E-state index >= 15 is 0 Å². The van der Waals surface area contributed by atoms with Gasteiger partial charge in [-0.1, -0.05) is 0 Å². The van der Waals surface area contributed by atoms with Gasteiger partial charge in [0.2, 0.25) is 5.91 Å². The van der Waals surface area contributed by atoms with Crippen LogP contribution < -0.4 is 5.32 Å². The number of fused-ring (bicyclic) bond motifs is 1. The SMILES string of the molecule is CN1CCC(N2CCC(C(=O)Nc3cc4cc(-c5cnco5)cnc4cn3)CC2)CC1. The molecule has 1 amide bonds. The van der Waals surface area contributed by atoms with Crippen molar-refractivity contribution in [2.75, 3.05) is 38.5 Å². The fraction of sp³-hybridized carbons (Fsp3) is 0.478. The van der Waals surface area contributed by atoms with E-state index in [-0.39, 0.29) is 11.8 Å². The zero-order valence-electron chi connectivity index (χ0n) is 17.8. The van der Waals surface area contributed by atoms with E-state index in [0.29, 0.717) is 17.6 Å². The molecule has 0 unspecified atom stereocenters. The number of carbonyl (C=O) groups excluding carboxylic acids is 1. The molecule has 8 heteroatoms. The van der Waals surface area contributed by atoms with Crippen LogP contribution in [0, 0.1) is 5.92 Å². The van der Waals surface area contributed by atoms with Gasteiger partial charge in [0.25, 0.3) is 0 Å². The summed E-state index contributed by atoms with van der Waals surface area (Å²) < 4.78 is 5.36. The summed E-state index contributed by atoms with van der Waals surface area (Å²) in [5.41, 5.74) is 1.61. The maximum absolute atomic E-state index is 12.9. The molecule has 5 heterocycles. The lowest BCUT2D eigenvalue weighted by Crippen LogP contribution is -2.48. The van der Waals surface area contributed by atoms with E-state index in [1.54, 1.807) is 18.6 Å². The second-order valence-corrected chi connectivity index (χ2v) is 8.69. The Morgan fingerprint density at radius 3 is 2.58 bits per heavy atom. The van der Waals surface area contributed by atoms with E-state index in [4.69, 9.17) is 4.42 Å². The number of nitrogens with zero attached hydrogens (tertiary/aromatic N) is 5. The summed E-state index contributed by atoms with van der Waals surface area (Å²) in [6.07, 6.45) is 10.8. The molecule has 31 heavy (non-hydrogen) atoms. The molecule has 0 radical (unpaired) electrons. The molecule has 0 atom stereocenters. The van der Waals surface area contributed by atoms with E-state index in [9.17, 15) is 4.79 Å². The highest BCUT2D eigenvalue weighted by molar-refractivity contribution is 5.94. The van der Waals surface area contributed by atoms with Crippen molar-refractivity contribution in [3.63, 3.8) is 0 Å². The number of hydrogen-bond acceptors (Lipinski definition) is 7. The summed E-state index contributed by atoms with van der Waals surface area (Å²) >= 11 is 0. The van der Waals surface area contributed by atoms with Crippen LogP contribution >= 0.6 is 0 Å². The molecule has 0 saturated carbocycles. The van der Waals surface area contributed by atoms with Gasteiger partial charge in [-0.15, -0.1) is 0 Å². The number of anilines is 1. The van der Waals surface area contributed by atoms with Crippen LogP contribution in [0.5, 0.6) is 0 Å². The second kappa shape index (κ2) is 8.72. The highest BCUT2D eigenvalue weighted by Crippen LogP contribution is 2.26. The summed E-state index contributed by atoms with van der Waals surface area (Å²) in [5.74, 6) is 1.33. The topological polar surface area (TPSA) is 87.4 Å². The third-order valence-corrected chi connectivity index (χ3v) is 6.64. The number of hydrogen-bond donors (Lipinski definition) is 1. The third-order valence-electron chi connectivity index (χ3n) is 6.64. The van der Waals surface area contributed by atoms with Crippen LogP contribution in [-0.2, 0) is 4.79 Å². The predicted octanol–water partition coefficient (Wildman–Crippen LogP) is 3.03. The quantitative estimate of drug-likeness (QED) is 0.694. The lowest BCUT2D eigenvalue weighted by molar-refractivity contribution is -0.121. The second-order valence-electron chi connectivity index (χ2n) is 8.69. The minimum Gasteiger partial charge on any atom is -0.443 e. The summed E-state index contributed by atoms with van der Waals surface area (Å²) in [6, 6.07) is 4.52. The first-order valence-corrected chi connectivity index (χ1v) is 11.0. The largest absolute Gasteiger partial charge is 0.443 e. The Kier molecular flexibility index (Phi) is 5.65. The number of amides is 1. The molecule has 8 nitrogen and oxygen atoms in total. The van der Waals surface area contributed by atoms with Crippen molar-refractivity contribution in [3.05, 3.63) is 37.1 Å². The molecular weight excluding hydrogens is 392 g/mol. The maximum atomic E-state index is 12.9. The van der Waals surface area contributed by atoms with Crippen molar-refractivity contribution < 1.29 is 9.21 Å². The van der Waals surface area contributed by atoms with Crippen LogP contribution in [0.3, 0.4) is 0 Å². The first-order valence-electron chi connectivity index (χ1n) is 11.0. The van der Waals surface area contributed by atoms with Crippen molar-refractivity contribution in [2.24, 2.45) is 5.92 Å². The Morgan fingerprint density at radius 2 is 1.84 bits per heavy atom. The molecule has 5 rings (SSSR count). The molecule has 2 aliphatic rings. The number of aromatic nitrogens is 3. The standard InChI is InChI=1S/C23H28N6O2/c1-28-6-4-19(5-7-28)29-8-2-16(3-9-29)23(30)27-22-11-17-10-18(21-14-24-15-31-21)12-25-20(17)13-26-22/h10-16,19H,2-9H2,1H3,(H,26,27,30). The zero-order valence-corrected chi connectivity index (χ0v) is 17.8. The Hall–Kier alpha value is -2.84. The van der Waals surface area contributed by atoms with Crippen molar-refractivity contribution in [2.45, 2.75) is 31.7 Å². The summed E-state index contributed by atoms with van der Waals surface area (Å²) in [6.45, 7) is 4.35. The normalized spacial score (nSPS) is 19.6. The van der Waals surface area contributed by atoms with Gasteiger partial charge in [0, 0.05) is 29.1 Å². The maximum Gasteiger partial charge on any atom is 0.228 e. The number of piperidine rings is 2. The molecule has 0 aromatic carbocycles. The number of rotatable bonds is 4. The number of nitrogens with one attached hydrogen (secondary N) is 1. The average molecular weight is 421 g/mol. The Bertz CT molecular complexity index is 1040. The molecule has 0 bridgehead atoms. The molecule has 2 fully saturated rings. The summed E-state index contributed by atoms with van der Waals surface area (Å²) in [5, 5.41) is 3.92. The van der Waals surface area contributed by atoms with Crippen molar-refractivity contribution in [1.29, 1.82) is 0 Å². The molecule has 2 saturated heterocycles. The van der Waals surface area contributed by atoms with Crippen molar-refractivity contribution in [1.82, 2.24) is 24.8 Å². The van der Waals surface area contributed by atoms with Gasteiger partial charge in [0.1, 0.15) is 5.82 Å². The van der Waals surface area contributed by atoms with E-state index in [1.165, 1.54) is 32.3 Å². The lowest BCUT2D eigenvalue weighted by atomic mass is 9.93. The molecule has 2 aliphatic heterocycles.